The fraction of sp³-hybridized carbons (Fsp3) is 0.435. The molecule has 0 fully saturated rings. The van der Waals surface area contributed by atoms with Crippen LogP contribution in [0.25, 0.3) is 11.1 Å². The second kappa shape index (κ2) is 7.57. The van der Waals surface area contributed by atoms with Gasteiger partial charge in [0.05, 0.1) is 42.3 Å². The lowest BCUT2D eigenvalue weighted by atomic mass is 10.1. The lowest BCUT2D eigenvalue weighted by Gasteiger charge is -2.23. The number of likely N-dealkylation sites (N-methyl/N-ethyl adjacent to an activating group) is 2. The average molecular weight is 385 g/mol. The predicted octanol–water partition coefficient (Wildman–Crippen LogP) is 3.07. The van der Waals surface area contributed by atoms with Crippen LogP contribution in [0.15, 0.2) is 36.4 Å². The molecule has 0 aliphatic heterocycles. The fourth-order valence-corrected chi connectivity index (χ4v) is 3.09. The largest absolute Gasteiger partial charge is 0.488 e. The van der Waals surface area contributed by atoms with Crippen molar-refractivity contribution in [1.82, 2.24) is 0 Å². The molecule has 2 aromatic carbocycles. The van der Waals surface area contributed by atoms with E-state index in [9.17, 15) is 4.79 Å². The molecule has 5 heteroatoms. The Morgan fingerprint density at radius 2 is 1.04 bits per heavy atom. The number of carbonyl (C=O) groups excluding carboxylic acids is 1. The summed E-state index contributed by atoms with van der Waals surface area (Å²) in [6.07, 6.45) is 0. The number of fused-ring (bicyclic) bond motifs is 3. The molecule has 28 heavy (non-hydrogen) atoms. The Hall–Kier alpha value is -2.37. The van der Waals surface area contributed by atoms with E-state index in [1.54, 1.807) is 0 Å². The Bertz CT molecular complexity index is 805. The zero-order valence-electron chi connectivity index (χ0n) is 17.9. The summed E-state index contributed by atoms with van der Waals surface area (Å²) in [5, 5.41) is 0. The number of quaternary nitrogens is 2. The quantitative estimate of drug-likeness (QED) is 0.560. The van der Waals surface area contributed by atoms with E-state index in [0.29, 0.717) is 24.3 Å². The first kappa shape index (κ1) is 20.4. The molecule has 0 unspecified atom stereocenters. The van der Waals surface area contributed by atoms with Crippen LogP contribution in [0.2, 0.25) is 0 Å². The molecule has 2 aromatic rings. The molecule has 0 spiro atoms. The van der Waals surface area contributed by atoms with Gasteiger partial charge in [-0.3, -0.25) is 4.79 Å². The second-order valence-corrected chi connectivity index (χ2v) is 9.47. The summed E-state index contributed by atoms with van der Waals surface area (Å²) in [6.45, 7) is 3.04. The van der Waals surface area contributed by atoms with Gasteiger partial charge in [-0.25, -0.2) is 0 Å². The van der Waals surface area contributed by atoms with Gasteiger partial charge in [-0.15, -0.1) is 0 Å². The van der Waals surface area contributed by atoms with Crippen LogP contribution in [-0.2, 0) is 0 Å². The highest BCUT2D eigenvalue weighted by Gasteiger charge is 2.27. The number of carbonyl (C=O) groups is 1. The number of ether oxygens (including phenoxy) is 2. The maximum atomic E-state index is 12.9. The van der Waals surface area contributed by atoms with E-state index < -0.39 is 0 Å². The first-order valence-corrected chi connectivity index (χ1v) is 9.73. The molecule has 150 valence electrons. The summed E-state index contributed by atoms with van der Waals surface area (Å²) in [6, 6.07) is 11.6. The number of hydrogen-bond donors (Lipinski definition) is 0. The first-order valence-electron chi connectivity index (χ1n) is 9.73. The third-order valence-electron chi connectivity index (χ3n) is 4.82. The van der Waals surface area contributed by atoms with Gasteiger partial charge in [-0.05, 0) is 47.5 Å². The molecule has 1 aliphatic carbocycles. The number of rotatable bonds is 8. The molecule has 0 saturated heterocycles. The predicted molar refractivity (Wildman–Crippen MR) is 112 cm³/mol. The van der Waals surface area contributed by atoms with E-state index in [1.165, 1.54) is 0 Å². The first-order chi connectivity index (χ1) is 13.0. The Morgan fingerprint density at radius 3 is 1.39 bits per heavy atom. The normalized spacial score (nSPS) is 13.3. The van der Waals surface area contributed by atoms with E-state index in [1.807, 2.05) is 36.4 Å². The number of nitrogens with zero attached hydrogens (tertiary/aromatic N) is 2. The van der Waals surface area contributed by atoms with Crippen molar-refractivity contribution in [3.05, 3.63) is 47.5 Å². The Balaban J connectivity index is 1.72. The minimum atomic E-state index is 0.0408. The fourth-order valence-electron chi connectivity index (χ4n) is 3.09. The summed E-state index contributed by atoms with van der Waals surface area (Å²) < 4.78 is 13.4. The minimum absolute atomic E-state index is 0.0408. The topological polar surface area (TPSA) is 35.5 Å². The molecule has 0 heterocycles. The standard InChI is InChI=1S/C23H32N2O3/c1-24(2,3)11-13-27-17-7-9-19-20-10-8-18(28-14-12-25(4,5)6)16-22(20)23(26)21(19)15-17/h7-10,15-16H,11-14H2,1-6H3/q+2. The van der Waals surface area contributed by atoms with Gasteiger partial charge in [0, 0.05) is 11.1 Å². The molecule has 0 aromatic heterocycles. The van der Waals surface area contributed by atoms with E-state index in [4.69, 9.17) is 9.47 Å². The van der Waals surface area contributed by atoms with E-state index >= 15 is 0 Å². The molecule has 0 amide bonds. The average Bonchev–Trinajstić information content (AvgIpc) is 2.85. The van der Waals surface area contributed by atoms with Crippen molar-refractivity contribution in [3.63, 3.8) is 0 Å². The van der Waals surface area contributed by atoms with Crippen molar-refractivity contribution in [1.29, 1.82) is 0 Å². The SMILES string of the molecule is C[N+](C)(C)CCOc1ccc2c(c1)C(=O)c1cc(OCC[N+](C)(C)C)ccc1-2. The number of ketones is 1. The molecular formula is C23H32N2O3+2. The van der Waals surface area contributed by atoms with Crippen molar-refractivity contribution in [2.24, 2.45) is 0 Å². The Morgan fingerprint density at radius 1 is 0.643 bits per heavy atom. The highest BCUT2D eigenvalue weighted by molar-refractivity contribution is 6.22. The van der Waals surface area contributed by atoms with Gasteiger partial charge >= 0.3 is 0 Å². The molecular weight excluding hydrogens is 352 g/mol. The van der Waals surface area contributed by atoms with Crippen LogP contribution in [0.5, 0.6) is 11.5 Å². The Kier molecular flexibility index (Phi) is 5.50. The summed E-state index contributed by atoms with van der Waals surface area (Å²) in [5.74, 6) is 1.53. The maximum absolute atomic E-state index is 12.9. The van der Waals surface area contributed by atoms with Crippen molar-refractivity contribution in [2.45, 2.75) is 0 Å². The van der Waals surface area contributed by atoms with Crippen LogP contribution in [0.4, 0.5) is 0 Å². The summed E-state index contributed by atoms with van der Waals surface area (Å²) in [4.78, 5) is 12.9. The number of benzene rings is 2. The smallest absolute Gasteiger partial charge is 0.194 e. The molecule has 0 bridgehead atoms. The monoisotopic (exact) mass is 384 g/mol. The van der Waals surface area contributed by atoms with Crippen molar-refractivity contribution in [2.75, 3.05) is 68.6 Å². The van der Waals surface area contributed by atoms with Crippen molar-refractivity contribution in [3.8, 4) is 22.6 Å². The zero-order valence-corrected chi connectivity index (χ0v) is 17.9. The van der Waals surface area contributed by atoms with Gasteiger partial charge < -0.3 is 18.4 Å². The van der Waals surface area contributed by atoms with Crippen LogP contribution in [0, 0.1) is 0 Å². The van der Waals surface area contributed by atoms with Crippen LogP contribution < -0.4 is 9.47 Å². The second-order valence-electron chi connectivity index (χ2n) is 9.47. The van der Waals surface area contributed by atoms with Crippen LogP contribution >= 0.6 is 0 Å². The van der Waals surface area contributed by atoms with Gasteiger partial charge in [0.2, 0.25) is 0 Å². The van der Waals surface area contributed by atoms with Crippen LogP contribution in [-0.4, -0.2) is 83.3 Å². The zero-order chi connectivity index (χ0) is 20.5. The molecule has 3 rings (SSSR count). The number of hydrogen-bond acceptors (Lipinski definition) is 3. The third-order valence-corrected chi connectivity index (χ3v) is 4.82. The highest BCUT2D eigenvalue weighted by atomic mass is 16.5. The van der Waals surface area contributed by atoms with Crippen molar-refractivity contribution >= 4 is 5.78 Å². The third kappa shape index (κ3) is 4.91. The van der Waals surface area contributed by atoms with Gasteiger partial charge in [0.1, 0.15) is 37.8 Å². The maximum Gasteiger partial charge on any atom is 0.194 e. The van der Waals surface area contributed by atoms with Crippen molar-refractivity contribution < 1.29 is 23.2 Å². The van der Waals surface area contributed by atoms with Crippen LogP contribution in [0.1, 0.15) is 15.9 Å². The molecule has 5 nitrogen and oxygen atoms in total. The van der Waals surface area contributed by atoms with Gasteiger partial charge in [-0.1, -0.05) is 0 Å². The lowest BCUT2D eigenvalue weighted by molar-refractivity contribution is -0.870. The summed E-state index contributed by atoms with van der Waals surface area (Å²) in [5.41, 5.74) is 3.36. The molecule has 0 saturated carbocycles. The van der Waals surface area contributed by atoms with E-state index in [2.05, 4.69) is 42.3 Å². The van der Waals surface area contributed by atoms with Gasteiger partial charge in [0.15, 0.2) is 5.78 Å². The Labute approximate surface area is 168 Å². The summed E-state index contributed by atoms with van der Waals surface area (Å²) >= 11 is 0. The minimum Gasteiger partial charge on any atom is -0.488 e. The van der Waals surface area contributed by atoms with Gasteiger partial charge in [-0.2, -0.15) is 0 Å². The highest BCUT2D eigenvalue weighted by Crippen LogP contribution is 2.39. The molecule has 0 N–H and O–H groups in total. The molecule has 0 atom stereocenters. The lowest BCUT2D eigenvalue weighted by Crippen LogP contribution is -2.38. The van der Waals surface area contributed by atoms with E-state index in [-0.39, 0.29) is 5.78 Å². The molecule has 0 radical (unpaired) electrons. The molecule has 1 aliphatic rings. The van der Waals surface area contributed by atoms with E-state index in [0.717, 1.165) is 44.7 Å². The van der Waals surface area contributed by atoms with Gasteiger partial charge in [0.25, 0.3) is 0 Å². The van der Waals surface area contributed by atoms with Crippen LogP contribution in [0.3, 0.4) is 0 Å². The summed E-state index contributed by atoms with van der Waals surface area (Å²) in [7, 11) is 12.8.